The molecule has 0 radical (unpaired) electrons. The Bertz CT molecular complexity index is 1910. The maximum Gasteiger partial charge on any atom is 0.160 e. The van der Waals surface area contributed by atoms with E-state index in [-0.39, 0.29) is 0 Å². The highest BCUT2D eigenvalue weighted by atomic mass is 35.5. The van der Waals surface area contributed by atoms with Crippen LogP contribution in [0.5, 0.6) is 0 Å². The lowest BCUT2D eigenvalue weighted by Gasteiger charge is -2.10. The Morgan fingerprint density at radius 1 is 0.579 bits per heavy atom. The zero-order valence-electron chi connectivity index (χ0n) is 20.2. The van der Waals surface area contributed by atoms with Gasteiger partial charge < -0.3 is 0 Å². The van der Waals surface area contributed by atoms with E-state index in [0.29, 0.717) is 10.8 Å². The number of halogens is 1. The molecule has 0 aliphatic rings. The standard InChI is InChI=1S/C33H20ClN3S/c34-26-19-24(21-13-15-22(16-14-21)28-11-6-7-17-35-28)18-25(20-26)33-36-30(23-8-2-1-3-9-23)32-31(37-33)27-10-4-5-12-29(27)38-32/h1-20H. The fourth-order valence-electron chi connectivity index (χ4n) is 4.76. The van der Waals surface area contributed by atoms with Gasteiger partial charge in [0.15, 0.2) is 5.82 Å². The first-order valence-electron chi connectivity index (χ1n) is 12.3. The second-order valence-electron chi connectivity index (χ2n) is 9.06. The summed E-state index contributed by atoms with van der Waals surface area (Å²) >= 11 is 8.40. The summed E-state index contributed by atoms with van der Waals surface area (Å²) in [5.74, 6) is 0.661. The highest BCUT2D eigenvalue weighted by molar-refractivity contribution is 7.26. The Kier molecular flexibility index (Phi) is 5.69. The van der Waals surface area contributed by atoms with E-state index in [4.69, 9.17) is 21.6 Å². The second-order valence-corrected chi connectivity index (χ2v) is 10.5. The van der Waals surface area contributed by atoms with Gasteiger partial charge in [0.2, 0.25) is 0 Å². The van der Waals surface area contributed by atoms with Crippen molar-refractivity contribution in [3.63, 3.8) is 0 Å². The maximum absolute atomic E-state index is 6.66. The van der Waals surface area contributed by atoms with Crippen molar-refractivity contribution < 1.29 is 0 Å². The molecule has 0 unspecified atom stereocenters. The molecule has 4 aromatic carbocycles. The molecule has 0 fully saturated rings. The summed E-state index contributed by atoms with van der Waals surface area (Å²) in [5, 5.41) is 1.78. The van der Waals surface area contributed by atoms with Crippen LogP contribution in [0.1, 0.15) is 0 Å². The van der Waals surface area contributed by atoms with Crippen molar-refractivity contribution in [3.05, 3.63) is 126 Å². The molecule has 5 heteroatoms. The number of benzene rings is 4. The van der Waals surface area contributed by atoms with Gasteiger partial charge >= 0.3 is 0 Å². The molecular weight excluding hydrogens is 506 g/mol. The van der Waals surface area contributed by atoms with E-state index in [1.165, 1.54) is 4.70 Å². The second kappa shape index (κ2) is 9.49. The van der Waals surface area contributed by atoms with Crippen LogP contribution in [0.4, 0.5) is 0 Å². The minimum Gasteiger partial charge on any atom is -0.256 e. The monoisotopic (exact) mass is 525 g/mol. The minimum atomic E-state index is 0.645. The molecule has 0 saturated carbocycles. The average Bonchev–Trinajstić information content (AvgIpc) is 3.36. The molecule has 7 rings (SSSR count). The Hall–Kier alpha value is -4.38. The molecule has 0 bridgehead atoms. The van der Waals surface area contributed by atoms with Crippen molar-refractivity contribution in [1.82, 2.24) is 15.0 Å². The van der Waals surface area contributed by atoms with E-state index in [1.807, 2.05) is 54.7 Å². The summed E-state index contributed by atoms with van der Waals surface area (Å²) < 4.78 is 2.29. The van der Waals surface area contributed by atoms with Gasteiger partial charge in [-0.3, -0.25) is 4.98 Å². The van der Waals surface area contributed by atoms with Crippen LogP contribution in [0, 0.1) is 0 Å². The lowest BCUT2D eigenvalue weighted by molar-refractivity contribution is 1.24. The van der Waals surface area contributed by atoms with E-state index in [2.05, 4.69) is 71.7 Å². The van der Waals surface area contributed by atoms with Crippen LogP contribution in [0.15, 0.2) is 121 Å². The Morgan fingerprint density at radius 2 is 1.32 bits per heavy atom. The predicted molar refractivity (Wildman–Crippen MR) is 159 cm³/mol. The summed E-state index contributed by atoms with van der Waals surface area (Å²) in [6, 6.07) is 39.1. The SMILES string of the molecule is Clc1cc(-c2ccc(-c3ccccn3)cc2)cc(-c2nc(-c3ccccc3)c3sc4ccccc4c3n2)c1. The van der Waals surface area contributed by atoms with Crippen molar-refractivity contribution in [2.45, 2.75) is 0 Å². The van der Waals surface area contributed by atoms with Crippen LogP contribution >= 0.6 is 22.9 Å². The molecule has 0 saturated heterocycles. The molecule has 180 valence electrons. The molecule has 0 atom stereocenters. The molecule has 3 aromatic heterocycles. The number of hydrogen-bond acceptors (Lipinski definition) is 4. The van der Waals surface area contributed by atoms with Gasteiger partial charge in [-0.1, -0.05) is 90.5 Å². The molecule has 0 amide bonds. The van der Waals surface area contributed by atoms with E-state index in [1.54, 1.807) is 11.3 Å². The van der Waals surface area contributed by atoms with Gasteiger partial charge in [0.25, 0.3) is 0 Å². The van der Waals surface area contributed by atoms with Gasteiger partial charge in [-0.2, -0.15) is 0 Å². The lowest BCUT2D eigenvalue weighted by Crippen LogP contribution is -1.94. The number of thiophene rings is 1. The highest BCUT2D eigenvalue weighted by Crippen LogP contribution is 2.40. The molecule has 38 heavy (non-hydrogen) atoms. The van der Waals surface area contributed by atoms with Crippen LogP contribution in [0.2, 0.25) is 5.02 Å². The topological polar surface area (TPSA) is 38.7 Å². The van der Waals surface area contributed by atoms with Gasteiger partial charge in [0.05, 0.1) is 21.6 Å². The van der Waals surface area contributed by atoms with E-state index >= 15 is 0 Å². The quantitative estimate of drug-likeness (QED) is 0.229. The Morgan fingerprint density at radius 3 is 2.13 bits per heavy atom. The van der Waals surface area contributed by atoms with Crippen LogP contribution in [-0.2, 0) is 0 Å². The molecule has 0 N–H and O–H groups in total. The molecular formula is C33H20ClN3S. The number of aromatic nitrogens is 3. The number of nitrogens with zero attached hydrogens (tertiary/aromatic N) is 3. The van der Waals surface area contributed by atoms with E-state index in [9.17, 15) is 0 Å². The molecule has 0 aliphatic heterocycles. The van der Waals surface area contributed by atoms with Gasteiger partial charge in [-0.05, 0) is 47.5 Å². The first kappa shape index (κ1) is 22.8. The summed E-state index contributed by atoms with van der Waals surface area (Å²) in [7, 11) is 0. The Labute approximate surface area is 229 Å². The van der Waals surface area contributed by atoms with Crippen LogP contribution < -0.4 is 0 Å². The maximum atomic E-state index is 6.66. The largest absolute Gasteiger partial charge is 0.256 e. The predicted octanol–water partition coefficient (Wildman–Crippen LogP) is 9.56. The first-order valence-corrected chi connectivity index (χ1v) is 13.5. The third-order valence-corrected chi connectivity index (χ3v) is 7.99. The lowest BCUT2D eigenvalue weighted by atomic mass is 10.0. The van der Waals surface area contributed by atoms with Gasteiger partial charge in [0, 0.05) is 38.0 Å². The summed E-state index contributed by atoms with van der Waals surface area (Å²) in [5.41, 5.74) is 7.96. The van der Waals surface area contributed by atoms with Crippen molar-refractivity contribution >= 4 is 43.2 Å². The van der Waals surface area contributed by atoms with E-state index in [0.717, 1.165) is 54.8 Å². The zero-order valence-corrected chi connectivity index (χ0v) is 21.7. The molecule has 3 heterocycles. The number of hydrogen-bond donors (Lipinski definition) is 0. The summed E-state index contributed by atoms with van der Waals surface area (Å²) in [6.07, 6.45) is 1.81. The average molecular weight is 526 g/mol. The minimum absolute atomic E-state index is 0.645. The smallest absolute Gasteiger partial charge is 0.160 e. The van der Waals surface area contributed by atoms with Crippen LogP contribution in [0.3, 0.4) is 0 Å². The molecule has 7 aromatic rings. The van der Waals surface area contributed by atoms with Crippen molar-refractivity contribution in [2.75, 3.05) is 0 Å². The van der Waals surface area contributed by atoms with Crippen molar-refractivity contribution in [2.24, 2.45) is 0 Å². The van der Waals surface area contributed by atoms with Gasteiger partial charge in [-0.15, -0.1) is 11.3 Å². The van der Waals surface area contributed by atoms with E-state index < -0.39 is 0 Å². The highest BCUT2D eigenvalue weighted by Gasteiger charge is 2.17. The van der Waals surface area contributed by atoms with Crippen LogP contribution in [0.25, 0.3) is 65.3 Å². The van der Waals surface area contributed by atoms with Crippen molar-refractivity contribution in [1.29, 1.82) is 0 Å². The summed E-state index contributed by atoms with van der Waals surface area (Å²) in [6.45, 7) is 0. The normalized spacial score (nSPS) is 11.3. The fourth-order valence-corrected chi connectivity index (χ4v) is 6.15. The number of pyridine rings is 1. The molecule has 0 spiro atoms. The number of rotatable bonds is 4. The first-order chi connectivity index (χ1) is 18.7. The van der Waals surface area contributed by atoms with Crippen LogP contribution in [-0.4, -0.2) is 15.0 Å². The third kappa shape index (κ3) is 4.14. The number of fused-ring (bicyclic) bond motifs is 3. The molecule has 3 nitrogen and oxygen atoms in total. The summed E-state index contributed by atoms with van der Waals surface area (Å²) in [4.78, 5) is 14.6. The van der Waals surface area contributed by atoms with Gasteiger partial charge in [0.1, 0.15) is 0 Å². The molecule has 0 aliphatic carbocycles. The zero-order chi connectivity index (χ0) is 25.5. The Balaban J connectivity index is 1.38. The third-order valence-electron chi connectivity index (χ3n) is 6.60. The fraction of sp³-hybridized carbons (Fsp3) is 0. The van der Waals surface area contributed by atoms with Crippen molar-refractivity contribution in [3.8, 4) is 45.0 Å². The van der Waals surface area contributed by atoms with Gasteiger partial charge in [-0.25, -0.2) is 9.97 Å².